The van der Waals surface area contributed by atoms with Gasteiger partial charge in [0.2, 0.25) is 0 Å². The Kier molecular flexibility index (Phi) is 4.36. The Balaban J connectivity index is 1.80. The zero-order chi connectivity index (χ0) is 18.4. The summed E-state index contributed by atoms with van der Waals surface area (Å²) in [5.41, 5.74) is 8.22. The van der Waals surface area contributed by atoms with Crippen molar-refractivity contribution in [3.63, 3.8) is 0 Å². The fourth-order valence-corrected chi connectivity index (χ4v) is 4.40. The molecule has 0 radical (unpaired) electrons. The van der Waals surface area contributed by atoms with Gasteiger partial charge in [0.25, 0.3) is 0 Å². The van der Waals surface area contributed by atoms with Crippen LogP contribution in [0.15, 0.2) is 36.4 Å². The molecule has 0 N–H and O–H groups in total. The third-order valence-electron chi connectivity index (χ3n) is 5.91. The molecule has 0 saturated heterocycles. The standard InChI is InChI=1S/C23H27FN2/c1-15-11-16(2)23-20-14-25(4)17(3)13-21(20)26(22(23)12-15)10-9-18-5-7-19(24)8-6-18/h5-8,11-12,17H,9-10,13-14H2,1-4H3. The summed E-state index contributed by atoms with van der Waals surface area (Å²) in [4.78, 5) is 2.45. The van der Waals surface area contributed by atoms with Gasteiger partial charge in [0.1, 0.15) is 5.82 Å². The van der Waals surface area contributed by atoms with Crippen molar-refractivity contribution < 1.29 is 4.39 Å². The summed E-state index contributed by atoms with van der Waals surface area (Å²) in [6, 6.07) is 12.1. The molecular weight excluding hydrogens is 323 g/mol. The zero-order valence-electron chi connectivity index (χ0n) is 16.1. The van der Waals surface area contributed by atoms with Crippen molar-refractivity contribution in [1.82, 2.24) is 9.47 Å². The second-order valence-electron chi connectivity index (χ2n) is 7.90. The molecule has 1 aliphatic heterocycles. The van der Waals surface area contributed by atoms with Gasteiger partial charge in [-0.05, 0) is 74.7 Å². The number of nitrogens with zero attached hydrogens (tertiary/aromatic N) is 2. The topological polar surface area (TPSA) is 8.17 Å². The van der Waals surface area contributed by atoms with Crippen molar-refractivity contribution in [2.75, 3.05) is 7.05 Å². The zero-order valence-corrected chi connectivity index (χ0v) is 16.1. The summed E-state index contributed by atoms with van der Waals surface area (Å²) in [6.07, 6.45) is 2.01. The highest BCUT2D eigenvalue weighted by Crippen LogP contribution is 2.35. The minimum Gasteiger partial charge on any atom is -0.344 e. The van der Waals surface area contributed by atoms with E-state index in [1.165, 1.54) is 38.9 Å². The number of hydrogen-bond acceptors (Lipinski definition) is 1. The number of hydrogen-bond donors (Lipinski definition) is 0. The average molecular weight is 350 g/mol. The molecule has 2 aromatic carbocycles. The van der Waals surface area contributed by atoms with Crippen LogP contribution in [0.1, 0.15) is 34.9 Å². The summed E-state index contributed by atoms with van der Waals surface area (Å²) in [6.45, 7) is 8.68. The summed E-state index contributed by atoms with van der Waals surface area (Å²) in [7, 11) is 2.22. The number of benzene rings is 2. The predicted molar refractivity (Wildman–Crippen MR) is 106 cm³/mol. The molecular formula is C23H27FN2. The highest BCUT2D eigenvalue weighted by atomic mass is 19.1. The maximum absolute atomic E-state index is 13.2. The average Bonchev–Trinajstić information content (AvgIpc) is 2.88. The molecule has 1 atom stereocenters. The SMILES string of the molecule is Cc1cc(C)c2c3c(n(CCc4ccc(F)cc4)c2c1)CC(C)N(C)C3. The molecule has 3 aromatic rings. The van der Waals surface area contributed by atoms with Crippen molar-refractivity contribution in [1.29, 1.82) is 0 Å². The molecule has 1 aromatic heterocycles. The van der Waals surface area contributed by atoms with Gasteiger partial charge in [-0.3, -0.25) is 4.90 Å². The van der Waals surface area contributed by atoms with E-state index in [0.29, 0.717) is 6.04 Å². The maximum atomic E-state index is 13.2. The van der Waals surface area contributed by atoms with E-state index < -0.39 is 0 Å². The fraction of sp³-hybridized carbons (Fsp3) is 0.391. The van der Waals surface area contributed by atoms with Crippen LogP contribution >= 0.6 is 0 Å². The van der Waals surface area contributed by atoms with E-state index in [2.05, 4.69) is 49.4 Å². The number of fused-ring (bicyclic) bond motifs is 3. The number of aryl methyl sites for hydroxylation is 4. The van der Waals surface area contributed by atoms with Crippen molar-refractivity contribution >= 4 is 10.9 Å². The molecule has 136 valence electrons. The van der Waals surface area contributed by atoms with Crippen LogP contribution in [-0.2, 0) is 25.9 Å². The highest BCUT2D eigenvalue weighted by molar-refractivity contribution is 5.89. The third kappa shape index (κ3) is 2.95. The molecule has 3 heteroatoms. The normalized spacial score (nSPS) is 17.7. The van der Waals surface area contributed by atoms with Gasteiger partial charge < -0.3 is 4.57 Å². The van der Waals surface area contributed by atoms with Crippen molar-refractivity contribution in [3.8, 4) is 0 Å². The van der Waals surface area contributed by atoms with Crippen LogP contribution in [0.5, 0.6) is 0 Å². The Labute approximate surface area is 155 Å². The molecule has 2 heterocycles. The first kappa shape index (κ1) is 17.3. The first-order valence-electron chi connectivity index (χ1n) is 9.50. The van der Waals surface area contributed by atoms with Crippen molar-refractivity contribution in [2.45, 2.75) is 52.7 Å². The first-order valence-corrected chi connectivity index (χ1v) is 9.50. The van der Waals surface area contributed by atoms with Crippen LogP contribution in [-0.4, -0.2) is 22.6 Å². The number of aromatic nitrogens is 1. The van der Waals surface area contributed by atoms with Gasteiger partial charge in [-0.2, -0.15) is 0 Å². The first-order chi connectivity index (χ1) is 12.4. The Morgan fingerprint density at radius 1 is 1.12 bits per heavy atom. The molecule has 0 amide bonds. The minimum atomic E-state index is -0.166. The van der Waals surface area contributed by atoms with E-state index >= 15 is 0 Å². The van der Waals surface area contributed by atoms with E-state index in [-0.39, 0.29) is 5.82 Å². The second kappa shape index (κ2) is 6.55. The van der Waals surface area contributed by atoms with Gasteiger partial charge in [0.15, 0.2) is 0 Å². The predicted octanol–water partition coefficient (Wildman–Crippen LogP) is 5.02. The number of likely N-dealkylation sites (N-methyl/N-ethyl adjacent to an activating group) is 1. The Morgan fingerprint density at radius 2 is 1.85 bits per heavy atom. The lowest BCUT2D eigenvalue weighted by atomic mass is 9.97. The van der Waals surface area contributed by atoms with Crippen LogP contribution in [0.2, 0.25) is 0 Å². The second-order valence-corrected chi connectivity index (χ2v) is 7.90. The fourth-order valence-electron chi connectivity index (χ4n) is 4.40. The molecule has 0 spiro atoms. The quantitative estimate of drug-likeness (QED) is 0.644. The molecule has 1 unspecified atom stereocenters. The van der Waals surface area contributed by atoms with Gasteiger partial charge in [-0.1, -0.05) is 18.2 Å². The van der Waals surface area contributed by atoms with Crippen LogP contribution in [0.4, 0.5) is 4.39 Å². The molecule has 2 nitrogen and oxygen atoms in total. The van der Waals surface area contributed by atoms with Gasteiger partial charge >= 0.3 is 0 Å². The van der Waals surface area contributed by atoms with Crippen LogP contribution < -0.4 is 0 Å². The maximum Gasteiger partial charge on any atom is 0.123 e. The molecule has 0 fully saturated rings. The van der Waals surface area contributed by atoms with E-state index in [1.807, 2.05) is 12.1 Å². The molecule has 0 aliphatic carbocycles. The van der Waals surface area contributed by atoms with E-state index in [4.69, 9.17) is 0 Å². The van der Waals surface area contributed by atoms with Gasteiger partial charge in [-0.15, -0.1) is 0 Å². The van der Waals surface area contributed by atoms with E-state index in [0.717, 1.165) is 25.9 Å². The van der Waals surface area contributed by atoms with Crippen molar-refractivity contribution in [3.05, 3.63) is 70.2 Å². The van der Waals surface area contributed by atoms with Gasteiger partial charge in [0, 0.05) is 42.1 Å². The lowest BCUT2D eigenvalue weighted by Gasteiger charge is -2.31. The smallest absolute Gasteiger partial charge is 0.123 e. The molecule has 4 rings (SSSR count). The summed E-state index contributed by atoms with van der Waals surface area (Å²) < 4.78 is 15.7. The number of rotatable bonds is 3. The van der Waals surface area contributed by atoms with Gasteiger partial charge in [-0.25, -0.2) is 4.39 Å². The highest BCUT2D eigenvalue weighted by Gasteiger charge is 2.27. The van der Waals surface area contributed by atoms with E-state index in [1.54, 1.807) is 12.1 Å². The molecule has 26 heavy (non-hydrogen) atoms. The van der Waals surface area contributed by atoms with Crippen LogP contribution in [0, 0.1) is 19.7 Å². The Bertz CT molecular complexity index is 953. The lowest BCUT2D eigenvalue weighted by Crippen LogP contribution is -2.35. The summed E-state index contributed by atoms with van der Waals surface area (Å²) in [5, 5.41) is 1.43. The van der Waals surface area contributed by atoms with Crippen molar-refractivity contribution in [2.24, 2.45) is 0 Å². The minimum absolute atomic E-state index is 0.166. The van der Waals surface area contributed by atoms with Crippen LogP contribution in [0.3, 0.4) is 0 Å². The van der Waals surface area contributed by atoms with E-state index in [9.17, 15) is 4.39 Å². The Morgan fingerprint density at radius 3 is 2.58 bits per heavy atom. The summed E-state index contributed by atoms with van der Waals surface area (Å²) in [5.74, 6) is -0.166. The van der Waals surface area contributed by atoms with Crippen LogP contribution in [0.25, 0.3) is 10.9 Å². The summed E-state index contributed by atoms with van der Waals surface area (Å²) >= 11 is 0. The van der Waals surface area contributed by atoms with Gasteiger partial charge in [0.05, 0.1) is 0 Å². The monoisotopic (exact) mass is 350 g/mol. The molecule has 1 aliphatic rings. The largest absolute Gasteiger partial charge is 0.344 e. The number of halogens is 1. The molecule has 0 bridgehead atoms. The molecule has 0 saturated carbocycles. The lowest BCUT2D eigenvalue weighted by molar-refractivity contribution is 0.228. The third-order valence-corrected chi connectivity index (χ3v) is 5.91. The Hall–Kier alpha value is -2.13.